The second kappa shape index (κ2) is 8.20. The lowest BCUT2D eigenvalue weighted by atomic mass is 10.0. The Labute approximate surface area is 148 Å². The fraction of sp³-hybridized carbons (Fsp3) is 0.421. The van der Waals surface area contributed by atoms with Crippen molar-refractivity contribution in [3.8, 4) is 16.9 Å². The molecule has 0 unspecified atom stereocenters. The second-order valence-electron chi connectivity index (χ2n) is 5.87. The van der Waals surface area contributed by atoms with Crippen LogP contribution in [0.5, 0.6) is 5.75 Å². The SMILES string of the molecule is CCCN(CCC)C(=O)c1c(-c2ccc(OC)c(C)c2)csc1N. The number of hydrogen-bond acceptors (Lipinski definition) is 4. The Morgan fingerprint density at radius 3 is 2.46 bits per heavy atom. The third-order valence-electron chi connectivity index (χ3n) is 4.01. The summed E-state index contributed by atoms with van der Waals surface area (Å²) < 4.78 is 5.32. The third kappa shape index (κ3) is 3.73. The van der Waals surface area contributed by atoms with Gasteiger partial charge in [-0.3, -0.25) is 4.79 Å². The summed E-state index contributed by atoms with van der Waals surface area (Å²) in [6, 6.07) is 5.96. The smallest absolute Gasteiger partial charge is 0.257 e. The zero-order valence-electron chi connectivity index (χ0n) is 14.9. The van der Waals surface area contributed by atoms with Gasteiger partial charge < -0.3 is 15.4 Å². The molecule has 24 heavy (non-hydrogen) atoms. The van der Waals surface area contributed by atoms with E-state index in [1.807, 2.05) is 35.4 Å². The molecule has 0 aliphatic rings. The van der Waals surface area contributed by atoms with Crippen molar-refractivity contribution in [1.29, 1.82) is 0 Å². The van der Waals surface area contributed by atoms with Crippen molar-refractivity contribution < 1.29 is 9.53 Å². The standard InChI is InChI=1S/C19H26N2O2S/c1-5-9-21(10-6-2)19(22)17-15(12-24-18(17)20)14-7-8-16(23-4)13(3)11-14/h7-8,11-12H,5-6,9-10,20H2,1-4H3. The lowest BCUT2D eigenvalue weighted by Crippen LogP contribution is -2.33. The molecule has 2 N–H and O–H groups in total. The van der Waals surface area contributed by atoms with E-state index >= 15 is 0 Å². The maximum Gasteiger partial charge on any atom is 0.257 e. The van der Waals surface area contributed by atoms with Gasteiger partial charge >= 0.3 is 0 Å². The first-order valence-electron chi connectivity index (χ1n) is 8.34. The molecule has 2 rings (SSSR count). The Morgan fingerprint density at radius 1 is 1.25 bits per heavy atom. The molecule has 130 valence electrons. The molecule has 0 spiro atoms. The molecule has 0 fully saturated rings. The van der Waals surface area contributed by atoms with Gasteiger partial charge in [-0.2, -0.15) is 0 Å². The van der Waals surface area contributed by atoms with Gasteiger partial charge in [0.2, 0.25) is 0 Å². The topological polar surface area (TPSA) is 55.6 Å². The number of amides is 1. The number of aryl methyl sites for hydroxylation is 1. The molecule has 0 atom stereocenters. The summed E-state index contributed by atoms with van der Waals surface area (Å²) >= 11 is 1.42. The molecule has 0 bridgehead atoms. The quantitative estimate of drug-likeness (QED) is 0.798. The number of ether oxygens (including phenoxy) is 1. The van der Waals surface area contributed by atoms with Crippen LogP contribution in [-0.4, -0.2) is 31.0 Å². The summed E-state index contributed by atoms with van der Waals surface area (Å²) in [4.78, 5) is 14.9. The monoisotopic (exact) mass is 346 g/mol. The molecular formula is C19H26N2O2S. The van der Waals surface area contributed by atoms with Gasteiger partial charge in [-0.05, 0) is 43.0 Å². The van der Waals surface area contributed by atoms with Crippen LogP contribution in [0.2, 0.25) is 0 Å². The lowest BCUT2D eigenvalue weighted by molar-refractivity contribution is 0.0758. The maximum absolute atomic E-state index is 13.0. The van der Waals surface area contributed by atoms with E-state index in [9.17, 15) is 4.79 Å². The Bertz CT molecular complexity index is 703. The van der Waals surface area contributed by atoms with Crippen molar-refractivity contribution in [3.05, 3.63) is 34.7 Å². The van der Waals surface area contributed by atoms with Crippen LogP contribution < -0.4 is 10.5 Å². The van der Waals surface area contributed by atoms with Crippen LogP contribution in [-0.2, 0) is 0 Å². The van der Waals surface area contributed by atoms with E-state index in [0.717, 1.165) is 48.4 Å². The van der Waals surface area contributed by atoms with E-state index in [1.165, 1.54) is 11.3 Å². The summed E-state index contributed by atoms with van der Waals surface area (Å²) in [5.74, 6) is 0.870. The van der Waals surface area contributed by atoms with Crippen molar-refractivity contribution in [2.24, 2.45) is 0 Å². The van der Waals surface area contributed by atoms with E-state index in [0.29, 0.717) is 10.6 Å². The molecule has 4 nitrogen and oxygen atoms in total. The van der Waals surface area contributed by atoms with Gasteiger partial charge in [0.1, 0.15) is 5.75 Å². The summed E-state index contributed by atoms with van der Waals surface area (Å²) in [5.41, 5.74) is 9.73. The Balaban J connectivity index is 2.44. The molecule has 1 aromatic carbocycles. The molecule has 5 heteroatoms. The highest BCUT2D eigenvalue weighted by atomic mass is 32.1. The number of rotatable bonds is 7. The van der Waals surface area contributed by atoms with Crippen molar-refractivity contribution in [2.45, 2.75) is 33.6 Å². The maximum atomic E-state index is 13.0. The van der Waals surface area contributed by atoms with E-state index in [2.05, 4.69) is 13.8 Å². The molecule has 0 saturated carbocycles. The Morgan fingerprint density at radius 2 is 1.92 bits per heavy atom. The van der Waals surface area contributed by atoms with E-state index < -0.39 is 0 Å². The number of carbonyl (C=O) groups is 1. The molecule has 0 aliphatic heterocycles. The van der Waals surface area contributed by atoms with Gasteiger partial charge in [-0.25, -0.2) is 0 Å². The van der Waals surface area contributed by atoms with Gasteiger partial charge in [0, 0.05) is 24.0 Å². The minimum Gasteiger partial charge on any atom is -0.496 e. The average molecular weight is 346 g/mol. The van der Waals surface area contributed by atoms with Crippen molar-refractivity contribution in [2.75, 3.05) is 25.9 Å². The van der Waals surface area contributed by atoms with Crippen LogP contribution in [0, 0.1) is 6.92 Å². The van der Waals surface area contributed by atoms with E-state index in [-0.39, 0.29) is 5.91 Å². The molecular weight excluding hydrogens is 320 g/mol. The van der Waals surface area contributed by atoms with Crippen molar-refractivity contribution in [1.82, 2.24) is 4.90 Å². The minimum absolute atomic E-state index is 0.0286. The number of methoxy groups -OCH3 is 1. The molecule has 1 heterocycles. The minimum atomic E-state index is 0.0286. The first-order chi connectivity index (χ1) is 11.5. The Hall–Kier alpha value is -2.01. The number of nitrogens with two attached hydrogens (primary N) is 1. The average Bonchev–Trinajstić information content (AvgIpc) is 2.95. The molecule has 0 radical (unpaired) electrons. The number of thiophene rings is 1. The number of carbonyl (C=O) groups excluding carboxylic acids is 1. The van der Waals surface area contributed by atoms with Gasteiger partial charge in [-0.1, -0.05) is 19.9 Å². The molecule has 0 saturated heterocycles. The van der Waals surface area contributed by atoms with Crippen molar-refractivity contribution in [3.63, 3.8) is 0 Å². The van der Waals surface area contributed by atoms with Crippen LogP contribution in [0.15, 0.2) is 23.6 Å². The summed E-state index contributed by atoms with van der Waals surface area (Å²) in [6.07, 6.45) is 1.87. The van der Waals surface area contributed by atoms with Crippen LogP contribution in [0.1, 0.15) is 42.6 Å². The fourth-order valence-electron chi connectivity index (χ4n) is 2.86. The van der Waals surface area contributed by atoms with Gasteiger partial charge in [0.05, 0.1) is 17.7 Å². The van der Waals surface area contributed by atoms with Gasteiger partial charge in [0.25, 0.3) is 5.91 Å². The van der Waals surface area contributed by atoms with E-state index in [4.69, 9.17) is 10.5 Å². The summed E-state index contributed by atoms with van der Waals surface area (Å²) in [5, 5.41) is 2.56. The van der Waals surface area contributed by atoms with Crippen LogP contribution in [0.3, 0.4) is 0 Å². The Kier molecular flexibility index (Phi) is 6.26. The summed E-state index contributed by atoms with van der Waals surface area (Å²) in [7, 11) is 1.66. The number of anilines is 1. The molecule has 0 aliphatic carbocycles. The van der Waals surface area contributed by atoms with E-state index in [1.54, 1.807) is 7.11 Å². The van der Waals surface area contributed by atoms with Gasteiger partial charge in [-0.15, -0.1) is 11.3 Å². The number of benzene rings is 1. The highest BCUT2D eigenvalue weighted by molar-refractivity contribution is 7.15. The fourth-order valence-corrected chi connectivity index (χ4v) is 3.68. The van der Waals surface area contributed by atoms with Gasteiger partial charge in [0.15, 0.2) is 0 Å². The predicted octanol–water partition coefficient (Wildman–Crippen LogP) is 4.58. The van der Waals surface area contributed by atoms with Crippen molar-refractivity contribution >= 4 is 22.2 Å². The number of hydrogen-bond donors (Lipinski definition) is 1. The first-order valence-corrected chi connectivity index (χ1v) is 9.22. The molecule has 2 aromatic rings. The number of nitrogen functional groups attached to an aromatic ring is 1. The zero-order chi connectivity index (χ0) is 17.7. The highest BCUT2D eigenvalue weighted by Gasteiger charge is 2.23. The van der Waals surface area contributed by atoms with Crippen LogP contribution in [0.4, 0.5) is 5.00 Å². The lowest BCUT2D eigenvalue weighted by Gasteiger charge is -2.22. The first kappa shape index (κ1) is 18.3. The number of nitrogens with zero attached hydrogens (tertiary/aromatic N) is 1. The molecule has 1 amide bonds. The normalized spacial score (nSPS) is 10.7. The molecule has 1 aromatic heterocycles. The third-order valence-corrected chi connectivity index (χ3v) is 4.83. The highest BCUT2D eigenvalue weighted by Crippen LogP contribution is 2.36. The summed E-state index contributed by atoms with van der Waals surface area (Å²) in [6.45, 7) is 7.67. The largest absolute Gasteiger partial charge is 0.496 e. The zero-order valence-corrected chi connectivity index (χ0v) is 15.7. The van der Waals surface area contributed by atoms with Crippen LogP contribution >= 0.6 is 11.3 Å². The second-order valence-corrected chi connectivity index (χ2v) is 6.78. The predicted molar refractivity (Wildman–Crippen MR) is 102 cm³/mol. The van der Waals surface area contributed by atoms with Crippen LogP contribution in [0.25, 0.3) is 11.1 Å².